The van der Waals surface area contributed by atoms with Crippen molar-refractivity contribution in [1.29, 1.82) is 0 Å². The molecule has 1 aliphatic carbocycles. The van der Waals surface area contributed by atoms with E-state index in [4.69, 9.17) is 4.99 Å². The van der Waals surface area contributed by atoms with Crippen molar-refractivity contribution in [2.24, 2.45) is 4.99 Å². The molecule has 166 valence electrons. The number of nitro benzene ring substituents is 1. The number of fused-ring (bicyclic) bond motifs is 1. The van der Waals surface area contributed by atoms with Gasteiger partial charge in [-0.2, -0.15) is 0 Å². The number of non-ortho nitro benzene ring substituents is 1. The van der Waals surface area contributed by atoms with Crippen LogP contribution < -0.4 is 4.80 Å². The summed E-state index contributed by atoms with van der Waals surface area (Å²) in [6.45, 7) is 4.22. The van der Waals surface area contributed by atoms with E-state index >= 15 is 0 Å². The van der Waals surface area contributed by atoms with Crippen LogP contribution in [-0.4, -0.2) is 9.49 Å². The van der Waals surface area contributed by atoms with E-state index in [0.717, 1.165) is 41.0 Å². The van der Waals surface area contributed by atoms with Crippen molar-refractivity contribution in [3.05, 3.63) is 109 Å². The fraction of sp³-hybridized carbons (Fsp3) is 0.222. The van der Waals surface area contributed by atoms with Crippen LogP contribution in [0.1, 0.15) is 41.1 Å². The molecule has 0 amide bonds. The Hall–Kier alpha value is -3.51. The predicted octanol–water partition coefficient (Wildman–Crippen LogP) is 6.90. The van der Waals surface area contributed by atoms with Crippen LogP contribution in [0.5, 0.6) is 0 Å². The van der Waals surface area contributed by atoms with E-state index in [0.29, 0.717) is 0 Å². The molecular formula is C27H25N3O2S. The highest BCUT2D eigenvalue weighted by Gasteiger charge is 2.25. The predicted molar refractivity (Wildman–Crippen MR) is 133 cm³/mol. The molecule has 0 fully saturated rings. The van der Waals surface area contributed by atoms with Gasteiger partial charge in [-0.15, -0.1) is 11.3 Å². The number of aromatic nitrogens is 1. The molecule has 0 bridgehead atoms. The molecule has 1 atom stereocenters. The standard InChI is InChI=1S/C27H25N3O2S/c1-18-7-5-11-24(19(18)2)28-27-29(25-12-6-9-20-8-3-4-10-23(20)25)26(17-33-27)21-13-15-22(16-14-21)30(31)32/h3-5,7-8,10-11,13-17,25H,6,9,12H2,1-2H3. The number of hydrogen-bond acceptors (Lipinski definition) is 4. The summed E-state index contributed by atoms with van der Waals surface area (Å²) in [7, 11) is 0. The zero-order chi connectivity index (χ0) is 22.9. The summed E-state index contributed by atoms with van der Waals surface area (Å²) in [6.07, 6.45) is 3.24. The maximum Gasteiger partial charge on any atom is 0.269 e. The van der Waals surface area contributed by atoms with E-state index < -0.39 is 0 Å². The maximum atomic E-state index is 11.2. The lowest BCUT2D eigenvalue weighted by atomic mass is 9.87. The third kappa shape index (κ3) is 4.02. The molecule has 5 nitrogen and oxygen atoms in total. The average Bonchev–Trinajstić information content (AvgIpc) is 3.25. The molecule has 1 heterocycles. The first-order chi connectivity index (χ1) is 16.0. The van der Waals surface area contributed by atoms with Crippen LogP contribution in [0.25, 0.3) is 11.3 Å². The minimum atomic E-state index is -0.357. The van der Waals surface area contributed by atoms with E-state index in [9.17, 15) is 10.1 Å². The Kier molecular flexibility index (Phi) is 5.68. The zero-order valence-corrected chi connectivity index (χ0v) is 19.5. The van der Waals surface area contributed by atoms with Gasteiger partial charge < -0.3 is 4.57 Å². The van der Waals surface area contributed by atoms with Crippen LogP contribution in [0.15, 0.2) is 77.1 Å². The Morgan fingerprint density at radius 2 is 1.82 bits per heavy atom. The number of hydrogen-bond donors (Lipinski definition) is 0. The molecule has 0 saturated heterocycles. The highest BCUT2D eigenvalue weighted by atomic mass is 32.1. The van der Waals surface area contributed by atoms with Crippen molar-refractivity contribution in [1.82, 2.24) is 4.57 Å². The van der Waals surface area contributed by atoms with Gasteiger partial charge in [0.2, 0.25) is 0 Å². The number of thiazole rings is 1. The molecule has 33 heavy (non-hydrogen) atoms. The van der Waals surface area contributed by atoms with Gasteiger partial charge in [0.15, 0.2) is 4.80 Å². The topological polar surface area (TPSA) is 60.4 Å². The van der Waals surface area contributed by atoms with Crippen molar-refractivity contribution < 1.29 is 4.92 Å². The molecule has 0 aliphatic heterocycles. The Bertz CT molecular complexity index is 1400. The summed E-state index contributed by atoms with van der Waals surface area (Å²) in [5.41, 5.74) is 8.21. The first kappa shape index (κ1) is 21.3. The van der Waals surface area contributed by atoms with Crippen molar-refractivity contribution in [2.45, 2.75) is 39.2 Å². The van der Waals surface area contributed by atoms with Crippen LogP contribution in [-0.2, 0) is 6.42 Å². The van der Waals surface area contributed by atoms with Crippen molar-refractivity contribution in [2.75, 3.05) is 0 Å². The van der Waals surface area contributed by atoms with Crippen LogP contribution in [0, 0.1) is 24.0 Å². The average molecular weight is 456 g/mol. The Balaban J connectivity index is 1.73. The molecule has 1 unspecified atom stereocenters. The fourth-order valence-electron chi connectivity index (χ4n) is 4.62. The van der Waals surface area contributed by atoms with Crippen LogP contribution in [0.2, 0.25) is 0 Å². The molecule has 0 N–H and O–H groups in total. The van der Waals surface area contributed by atoms with E-state index in [2.05, 4.69) is 60.2 Å². The summed E-state index contributed by atoms with van der Waals surface area (Å²) >= 11 is 1.62. The van der Waals surface area contributed by atoms with Crippen molar-refractivity contribution >= 4 is 22.7 Å². The normalized spacial score (nSPS) is 15.9. The maximum absolute atomic E-state index is 11.2. The molecule has 4 aromatic rings. The van der Waals surface area contributed by atoms with Gasteiger partial charge in [-0.25, -0.2) is 4.99 Å². The lowest BCUT2D eigenvalue weighted by molar-refractivity contribution is -0.384. The molecule has 6 heteroatoms. The molecule has 3 aromatic carbocycles. The summed E-state index contributed by atoms with van der Waals surface area (Å²) in [4.78, 5) is 16.9. The quantitative estimate of drug-likeness (QED) is 0.248. The Labute approximate surface area is 196 Å². The third-order valence-electron chi connectivity index (χ3n) is 6.56. The summed E-state index contributed by atoms with van der Waals surface area (Å²) in [5.74, 6) is 0. The SMILES string of the molecule is Cc1cccc(N=c2scc(-c3ccc([N+](=O)[O-])cc3)n2C2CCCc3ccccc32)c1C. The Morgan fingerprint density at radius 3 is 2.61 bits per heavy atom. The minimum Gasteiger partial charge on any atom is -0.309 e. The number of aryl methyl sites for hydroxylation is 2. The van der Waals surface area contributed by atoms with Gasteiger partial charge in [-0.3, -0.25) is 10.1 Å². The Morgan fingerprint density at radius 1 is 1.03 bits per heavy atom. The molecule has 1 aromatic heterocycles. The molecule has 0 spiro atoms. The van der Waals surface area contributed by atoms with Gasteiger partial charge >= 0.3 is 0 Å². The van der Waals surface area contributed by atoms with E-state index in [1.54, 1.807) is 23.5 Å². The molecule has 0 saturated carbocycles. The van der Waals surface area contributed by atoms with Crippen LogP contribution in [0.4, 0.5) is 11.4 Å². The third-order valence-corrected chi connectivity index (χ3v) is 7.40. The van der Waals surface area contributed by atoms with E-state index in [1.165, 1.54) is 22.3 Å². The van der Waals surface area contributed by atoms with Gasteiger partial charge in [-0.1, -0.05) is 36.4 Å². The fourth-order valence-corrected chi connectivity index (χ4v) is 5.58. The number of nitro groups is 1. The minimum absolute atomic E-state index is 0.101. The number of nitrogens with zero attached hydrogens (tertiary/aromatic N) is 3. The van der Waals surface area contributed by atoms with Gasteiger partial charge in [0, 0.05) is 17.5 Å². The second-order valence-corrected chi connectivity index (χ2v) is 9.35. The number of rotatable bonds is 4. The van der Waals surface area contributed by atoms with Gasteiger partial charge in [-0.05, 0) is 79.1 Å². The lowest BCUT2D eigenvalue weighted by Gasteiger charge is -2.28. The summed E-state index contributed by atoms with van der Waals surface area (Å²) in [6, 6.07) is 21.9. The monoisotopic (exact) mass is 455 g/mol. The summed E-state index contributed by atoms with van der Waals surface area (Å²) in [5, 5.41) is 13.3. The highest BCUT2D eigenvalue weighted by Crippen LogP contribution is 2.36. The van der Waals surface area contributed by atoms with E-state index in [-0.39, 0.29) is 16.7 Å². The molecule has 5 rings (SSSR count). The molecule has 1 aliphatic rings. The van der Waals surface area contributed by atoms with Crippen molar-refractivity contribution in [3.63, 3.8) is 0 Å². The summed E-state index contributed by atoms with van der Waals surface area (Å²) < 4.78 is 2.34. The van der Waals surface area contributed by atoms with Crippen molar-refractivity contribution in [3.8, 4) is 11.3 Å². The molecular weight excluding hydrogens is 430 g/mol. The smallest absolute Gasteiger partial charge is 0.269 e. The largest absolute Gasteiger partial charge is 0.309 e. The van der Waals surface area contributed by atoms with Crippen LogP contribution in [0.3, 0.4) is 0 Å². The molecule has 0 radical (unpaired) electrons. The van der Waals surface area contributed by atoms with Gasteiger partial charge in [0.05, 0.1) is 22.3 Å². The van der Waals surface area contributed by atoms with Gasteiger partial charge in [0.1, 0.15) is 0 Å². The first-order valence-corrected chi connectivity index (χ1v) is 12.0. The van der Waals surface area contributed by atoms with E-state index in [1.807, 2.05) is 18.2 Å². The number of benzene rings is 3. The second-order valence-electron chi connectivity index (χ2n) is 8.52. The zero-order valence-electron chi connectivity index (χ0n) is 18.7. The van der Waals surface area contributed by atoms with Gasteiger partial charge in [0.25, 0.3) is 5.69 Å². The highest BCUT2D eigenvalue weighted by molar-refractivity contribution is 7.07. The second kappa shape index (κ2) is 8.79. The lowest BCUT2D eigenvalue weighted by Crippen LogP contribution is -2.26. The first-order valence-electron chi connectivity index (χ1n) is 11.2. The van der Waals surface area contributed by atoms with Crippen LogP contribution >= 0.6 is 11.3 Å².